The third-order valence-electron chi connectivity index (χ3n) is 1.98. The van der Waals surface area contributed by atoms with E-state index < -0.39 is 12.7 Å². The number of alkyl halides is 3. The maximum Gasteiger partial charge on any atom is 0.401 e. The van der Waals surface area contributed by atoms with Crippen molar-refractivity contribution in [2.75, 3.05) is 25.5 Å². The molecule has 0 fully saturated rings. The molecule has 17 heavy (non-hydrogen) atoms. The Morgan fingerprint density at radius 3 is 2.53 bits per heavy atom. The quantitative estimate of drug-likeness (QED) is 0.860. The summed E-state index contributed by atoms with van der Waals surface area (Å²) in [5, 5.41) is 11.6. The van der Waals surface area contributed by atoms with Gasteiger partial charge in [-0.05, 0) is 13.0 Å². The summed E-state index contributed by atoms with van der Waals surface area (Å²) < 4.78 is 36.9. The summed E-state index contributed by atoms with van der Waals surface area (Å²) in [5.41, 5.74) is 0. The second-order valence-corrected chi connectivity index (χ2v) is 4.64. The number of nitrogens with zero attached hydrogens (tertiary/aromatic N) is 3. The lowest BCUT2D eigenvalue weighted by atomic mass is 10.4. The van der Waals surface area contributed by atoms with Crippen LogP contribution in [0.1, 0.15) is 18.4 Å². The van der Waals surface area contributed by atoms with Crippen molar-refractivity contribution in [3.05, 3.63) is 5.01 Å². The molecule has 0 radical (unpaired) electrons. The summed E-state index contributed by atoms with van der Waals surface area (Å²) in [6.45, 7) is 1.53. The first-order valence-corrected chi connectivity index (χ1v) is 6.05. The second-order valence-electron chi connectivity index (χ2n) is 3.58. The molecule has 1 aromatic heterocycles. The van der Waals surface area contributed by atoms with Crippen LogP contribution in [-0.4, -0.2) is 41.4 Å². The van der Waals surface area contributed by atoms with Crippen LogP contribution in [0.15, 0.2) is 0 Å². The molecular formula is C9H15F3N4S. The summed E-state index contributed by atoms with van der Waals surface area (Å²) in [4.78, 5) is 1.33. The van der Waals surface area contributed by atoms with Crippen molar-refractivity contribution in [3.63, 3.8) is 0 Å². The Morgan fingerprint density at radius 1 is 1.35 bits per heavy atom. The SMILES string of the molecule is CCCN(Cc1nnc(NC)s1)CC(F)(F)F. The van der Waals surface area contributed by atoms with E-state index in [4.69, 9.17) is 0 Å². The summed E-state index contributed by atoms with van der Waals surface area (Å²) in [7, 11) is 1.70. The first-order chi connectivity index (χ1) is 7.94. The van der Waals surface area contributed by atoms with Gasteiger partial charge in [0.25, 0.3) is 0 Å². The van der Waals surface area contributed by atoms with Crippen molar-refractivity contribution in [3.8, 4) is 0 Å². The molecule has 4 nitrogen and oxygen atoms in total. The van der Waals surface area contributed by atoms with Crippen molar-refractivity contribution >= 4 is 16.5 Å². The topological polar surface area (TPSA) is 41.1 Å². The van der Waals surface area contributed by atoms with Gasteiger partial charge in [-0.3, -0.25) is 4.90 Å². The number of hydrogen-bond donors (Lipinski definition) is 1. The Kier molecular flexibility index (Phi) is 5.13. The van der Waals surface area contributed by atoms with Crippen LogP contribution >= 0.6 is 11.3 Å². The van der Waals surface area contributed by atoms with Gasteiger partial charge in [0.05, 0.1) is 13.1 Å². The zero-order valence-corrected chi connectivity index (χ0v) is 10.5. The van der Waals surface area contributed by atoms with Crippen molar-refractivity contribution in [2.45, 2.75) is 26.1 Å². The van der Waals surface area contributed by atoms with E-state index >= 15 is 0 Å². The van der Waals surface area contributed by atoms with E-state index in [9.17, 15) is 13.2 Å². The van der Waals surface area contributed by atoms with Crippen LogP contribution in [0, 0.1) is 0 Å². The van der Waals surface area contributed by atoms with Crippen molar-refractivity contribution in [1.29, 1.82) is 0 Å². The van der Waals surface area contributed by atoms with Crippen molar-refractivity contribution in [2.24, 2.45) is 0 Å². The van der Waals surface area contributed by atoms with Gasteiger partial charge in [-0.2, -0.15) is 13.2 Å². The van der Waals surface area contributed by atoms with E-state index in [0.717, 1.165) is 0 Å². The van der Waals surface area contributed by atoms with Crippen LogP contribution in [0.3, 0.4) is 0 Å². The summed E-state index contributed by atoms with van der Waals surface area (Å²) >= 11 is 1.27. The molecule has 0 bridgehead atoms. The predicted molar refractivity (Wildman–Crippen MR) is 61.1 cm³/mol. The van der Waals surface area contributed by atoms with E-state index in [0.29, 0.717) is 23.1 Å². The zero-order valence-electron chi connectivity index (χ0n) is 9.71. The lowest BCUT2D eigenvalue weighted by Gasteiger charge is -2.21. The number of rotatable bonds is 6. The monoisotopic (exact) mass is 268 g/mol. The molecule has 1 rings (SSSR count). The molecule has 0 spiro atoms. The molecule has 0 aliphatic heterocycles. The molecular weight excluding hydrogens is 253 g/mol. The number of anilines is 1. The van der Waals surface area contributed by atoms with Crippen LogP contribution < -0.4 is 5.32 Å². The smallest absolute Gasteiger partial charge is 0.363 e. The average Bonchev–Trinajstić information content (AvgIpc) is 2.63. The van der Waals surface area contributed by atoms with Gasteiger partial charge in [0.2, 0.25) is 5.13 Å². The van der Waals surface area contributed by atoms with Gasteiger partial charge in [-0.15, -0.1) is 10.2 Å². The predicted octanol–water partition coefficient (Wildman–Crippen LogP) is 2.35. The van der Waals surface area contributed by atoms with Crippen molar-refractivity contribution in [1.82, 2.24) is 15.1 Å². The Balaban J connectivity index is 2.59. The molecule has 0 aliphatic rings. The molecule has 98 valence electrons. The molecule has 1 aromatic rings. The van der Waals surface area contributed by atoms with Gasteiger partial charge < -0.3 is 5.32 Å². The second kappa shape index (κ2) is 6.15. The fraction of sp³-hybridized carbons (Fsp3) is 0.778. The maximum absolute atomic E-state index is 12.3. The highest BCUT2D eigenvalue weighted by Crippen LogP contribution is 2.20. The summed E-state index contributed by atoms with van der Waals surface area (Å²) in [6.07, 6.45) is -3.50. The number of nitrogens with one attached hydrogen (secondary N) is 1. The highest BCUT2D eigenvalue weighted by molar-refractivity contribution is 7.15. The van der Waals surface area contributed by atoms with E-state index in [-0.39, 0.29) is 6.54 Å². The first-order valence-electron chi connectivity index (χ1n) is 5.24. The van der Waals surface area contributed by atoms with Crippen molar-refractivity contribution < 1.29 is 13.2 Å². The standard InChI is InChI=1S/C9H15F3N4S/c1-3-4-16(6-9(10,11)12)5-7-14-15-8(13-2)17-7/h3-6H2,1-2H3,(H,13,15). The Bertz CT molecular complexity index is 339. The number of hydrogen-bond acceptors (Lipinski definition) is 5. The van der Waals surface area contributed by atoms with E-state index in [1.165, 1.54) is 16.2 Å². The molecule has 8 heteroatoms. The molecule has 0 atom stereocenters. The van der Waals surface area contributed by atoms with Gasteiger partial charge in [-0.25, -0.2) is 0 Å². The third-order valence-corrected chi connectivity index (χ3v) is 2.91. The largest absolute Gasteiger partial charge is 0.401 e. The molecule has 0 saturated heterocycles. The Labute approximate surface area is 102 Å². The van der Waals surface area contributed by atoms with Crippen LogP contribution in [0.5, 0.6) is 0 Å². The van der Waals surface area contributed by atoms with Gasteiger partial charge >= 0.3 is 6.18 Å². The molecule has 0 aliphatic carbocycles. The van der Waals surface area contributed by atoms with Gasteiger partial charge in [0.1, 0.15) is 5.01 Å². The van der Waals surface area contributed by atoms with E-state index in [1.807, 2.05) is 6.92 Å². The molecule has 1 N–H and O–H groups in total. The zero-order chi connectivity index (χ0) is 12.9. The highest BCUT2D eigenvalue weighted by Gasteiger charge is 2.30. The average molecular weight is 268 g/mol. The van der Waals surface area contributed by atoms with Gasteiger partial charge in [0.15, 0.2) is 0 Å². The van der Waals surface area contributed by atoms with E-state index in [2.05, 4.69) is 15.5 Å². The van der Waals surface area contributed by atoms with Crippen LogP contribution in [0.25, 0.3) is 0 Å². The van der Waals surface area contributed by atoms with Crippen LogP contribution in [0.4, 0.5) is 18.3 Å². The minimum atomic E-state index is -4.17. The van der Waals surface area contributed by atoms with Gasteiger partial charge in [-0.1, -0.05) is 18.3 Å². The Morgan fingerprint density at radius 2 is 2.06 bits per heavy atom. The summed E-state index contributed by atoms with van der Waals surface area (Å²) in [6, 6.07) is 0. The fourth-order valence-corrected chi connectivity index (χ4v) is 2.13. The van der Waals surface area contributed by atoms with Gasteiger partial charge in [0, 0.05) is 7.05 Å². The minimum absolute atomic E-state index is 0.187. The minimum Gasteiger partial charge on any atom is -0.363 e. The third kappa shape index (κ3) is 5.31. The molecule has 0 aromatic carbocycles. The van der Waals surface area contributed by atoms with Crippen LogP contribution in [0.2, 0.25) is 0 Å². The lowest BCUT2D eigenvalue weighted by molar-refractivity contribution is -0.147. The maximum atomic E-state index is 12.3. The molecule has 0 unspecified atom stereocenters. The normalized spacial score (nSPS) is 12.1. The molecule has 0 saturated carbocycles. The highest BCUT2D eigenvalue weighted by atomic mass is 32.1. The number of halogens is 3. The van der Waals surface area contributed by atoms with Crippen LogP contribution in [-0.2, 0) is 6.54 Å². The lowest BCUT2D eigenvalue weighted by Crippen LogP contribution is -2.34. The summed E-state index contributed by atoms with van der Waals surface area (Å²) in [5.74, 6) is 0. The number of aromatic nitrogens is 2. The fourth-order valence-electron chi connectivity index (χ4n) is 1.39. The molecule has 0 amide bonds. The van der Waals surface area contributed by atoms with E-state index in [1.54, 1.807) is 7.05 Å². The molecule has 1 heterocycles. The Hall–Kier alpha value is -0.890. The first kappa shape index (κ1) is 14.2.